The van der Waals surface area contributed by atoms with E-state index in [4.69, 9.17) is 0 Å². The van der Waals surface area contributed by atoms with Crippen LogP contribution in [0.1, 0.15) is 45.3 Å². The summed E-state index contributed by atoms with van der Waals surface area (Å²) in [7, 11) is 0. The molecule has 3 heterocycles. The van der Waals surface area contributed by atoms with Gasteiger partial charge in [0.25, 0.3) is 11.8 Å². The van der Waals surface area contributed by atoms with Gasteiger partial charge in [-0.1, -0.05) is 6.07 Å². The Hall–Kier alpha value is -2.99. The van der Waals surface area contributed by atoms with E-state index in [2.05, 4.69) is 27.1 Å². The zero-order valence-corrected chi connectivity index (χ0v) is 15.5. The molecule has 0 radical (unpaired) electrons. The van der Waals surface area contributed by atoms with Crippen molar-refractivity contribution < 1.29 is 9.59 Å². The lowest BCUT2D eigenvalue weighted by Gasteiger charge is -2.24. The number of rotatable bonds is 4. The van der Waals surface area contributed by atoms with Gasteiger partial charge in [0.15, 0.2) is 0 Å². The van der Waals surface area contributed by atoms with Crippen LogP contribution in [0.2, 0.25) is 0 Å². The number of anilines is 1. The Balaban J connectivity index is 1.45. The first-order valence-electron chi connectivity index (χ1n) is 8.88. The summed E-state index contributed by atoms with van der Waals surface area (Å²) in [6.45, 7) is 0.775. The smallest absolute Gasteiger partial charge is 0.274 e. The fraction of sp³-hybridized carbons (Fsp3) is 0.190. The molecule has 3 aromatic rings. The molecule has 0 aliphatic carbocycles. The molecule has 2 aromatic heterocycles. The molecule has 1 aliphatic rings. The van der Waals surface area contributed by atoms with Crippen molar-refractivity contribution >= 4 is 28.8 Å². The molecule has 1 N–H and O–H groups in total. The number of aromatic nitrogens is 1. The van der Waals surface area contributed by atoms with E-state index in [-0.39, 0.29) is 17.9 Å². The molecule has 6 heteroatoms. The van der Waals surface area contributed by atoms with Gasteiger partial charge in [0.2, 0.25) is 0 Å². The number of carbonyl (C=O) groups excluding carboxylic acids is 2. The van der Waals surface area contributed by atoms with Crippen molar-refractivity contribution in [2.24, 2.45) is 0 Å². The molecule has 1 fully saturated rings. The average molecular weight is 377 g/mol. The van der Waals surface area contributed by atoms with Crippen molar-refractivity contribution in [1.29, 1.82) is 0 Å². The first-order valence-corrected chi connectivity index (χ1v) is 9.82. The van der Waals surface area contributed by atoms with Crippen LogP contribution in [0.25, 0.3) is 0 Å². The first-order chi connectivity index (χ1) is 13.2. The molecule has 1 saturated heterocycles. The lowest BCUT2D eigenvalue weighted by molar-refractivity contribution is 0.0736. The first kappa shape index (κ1) is 17.4. The van der Waals surface area contributed by atoms with Crippen LogP contribution in [0.15, 0.2) is 65.5 Å². The molecule has 1 atom stereocenters. The van der Waals surface area contributed by atoms with Gasteiger partial charge in [-0.3, -0.25) is 14.6 Å². The zero-order chi connectivity index (χ0) is 18.6. The number of carbonyl (C=O) groups is 2. The van der Waals surface area contributed by atoms with Crippen LogP contribution in [0.5, 0.6) is 0 Å². The van der Waals surface area contributed by atoms with E-state index in [1.807, 2.05) is 4.90 Å². The normalized spacial score (nSPS) is 16.3. The Morgan fingerprint density at radius 3 is 2.67 bits per heavy atom. The Bertz CT molecular complexity index is 924. The van der Waals surface area contributed by atoms with Gasteiger partial charge in [-0.05, 0) is 71.6 Å². The quantitative estimate of drug-likeness (QED) is 0.734. The van der Waals surface area contributed by atoms with Gasteiger partial charge in [-0.15, -0.1) is 0 Å². The van der Waals surface area contributed by atoms with E-state index in [1.165, 1.54) is 5.56 Å². The Morgan fingerprint density at radius 1 is 1.11 bits per heavy atom. The molecule has 1 aliphatic heterocycles. The molecule has 0 bridgehead atoms. The van der Waals surface area contributed by atoms with Gasteiger partial charge >= 0.3 is 0 Å². The Kier molecular flexibility index (Phi) is 4.98. The third-order valence-electron chi connectivity index (χ3n) is 4.73. The third kappa shape index (κ3) is 3.75. The standard InChI is InChI=1S/C21H19N3O2S/c25-20(18-4-1-2-11-22-18)23-17-8-6-15(7-9-17)21(26)24-12-3-5-19(24)16-10-13-27-14-16/h1-2,4,6-11,13-14,19H,3,5,12H2,(H,23,25)/t19-/m1/s1. The maximum absolute atomic E-state index is 12.9. The molecule has 4 rings (SSSR count). The van der Waals surface area contributed by atoms with Crippen molar-refractivity contribution in [3.63, 3.8) is 0 Å². The highest BCUT2D eigenvalue weighted by Gasteiger charge is 2.30. The molecule has 5 nitrogen and oxygen atoms in total. The van der Waals surface area contributed by atoms with Gasteiger partial charge in [0.05, 0.1) is 6.04 Å². The highest BCUT2D eigenvalue weighted by atomic mass is 32.1. The summed E-state index contributed by atoms with van der Waals surface area (Å²) in [5.41, 5.74) is 2.84. The minimum atomic E-state index is -0.272. The van der Waals surface area contributed by atoms with Crippen molar-refractivity contribution in [2.45, 2.75) is 18.9 Å². The summed E-state index contributed by atoms with van der Waals surface area (Å²) in [6.07, 6.45) is 3.60. The number of amides is 2. The number of nitrogens with zero attached hydrogens (tertiary/aromatic N) is 2. The van der Waals surface area contributed by atoms with Crippen LogP contribution in [-0.2, 0) is 0 Å². The monoisotopic (exact) mass is 377 g/mol. The minimum absolute atomic E-state index is 0.0336. The number of thiophene rings is 1. The van der Waals surface area contributed by atoms with E-state index >= 15 is 0 Å². The molecule has 1 aromatic carbocycles. The number of hydrogen-bond donors (Lipinski definition) is 1. The second-order valence-corrected chi connectivity index (χ2v) is 7.24. The maximum Gasteiger partial charge on any atom is 0.274 e. The fourth-order valence-corrected chi connectivity index (χ4v) is 4.08. The van der Waals surface area contributed by atoms with Crippen LogP contribution in [0.4, 0.5) is 5.69 Å². The summed E-state index contributed by atoms with van der Waals surface area (Å²) < 4.78 is 0. The maximum atomic E-state index is 12.9. The number of likely N-dealkylation sites (tertiary alicyclic amines) is 1. The predicted octanol–water partition coefficient (Wildman–Crippen LogP) is 4.37. The lowest BCUT2D eigenvalue weighted by atomic mass is 10.1. The van der Waals surface area contributed by atoms with E-state index < -0.39 is 0 Å². The highest BCUT2D eigenvalue weighted by molar-refractivity contribution is 7.08. The second-order valence-electron chi connectivity index (χ2n) is 6.46. The van der Waals surface area contributed by atoms with Crippen LogP contribution in [0.3, 0.4) is 0 Å². The predicted molar refractivity (Wildman–Crippen MR) is 106 cm³/mol. The van der Waals surface area contributed by atoms with E-state index in [1.54, 1.807) is 60.0 Å². The minimum Gasteiger partial charge on any atom is -0.332 e. The molecule has 0 spiro atoms. The van der Waals surface area contributed by atoms with E-state index in [0.29, 0.717) is 16.9 Å². The van der Waals surface area contributed by atoms with E-state index in [9.17, 15) is 9.59 Å². The summed E-state index contributed by atoms with van der Waals surface area (Å²) >= 11 is 1.66. The van der Waals surface area contributed by atoms with Gasteiger partial charge in [0, 0.05) is 24.0 Å². The zero-order valence-electron chi connectivity index (χ0n) is 14.7. The van der Waals surface area contributed by atoms with Crippen LogP contribution in [-0.4, -0.2) is 28.2 Å². The third-order valence-corrected chi connectivity index (χ3v) is 5.43. The molecule has 2 amide bonds. The molecule has 27 heavy (non-hydrogen) atoms. The number of hydrogen-bond acceptors (Lipinski definition) is 4. The van der Waals surface area contributed by atoms with Gasteiger partial charge in [-0.2, -0.15) is 11.3 Å². The van der Waals surface area contributed by atoms with E-state index in [0.717, 1.165) is 19.4 Å². The Labute approximate surface area is 161 Å². The van der Waals surface area contributed by atoms with Crippen molar-refractivity contribution in [3.8, 4) is 0 Å². The average Bonchev–Trinajstić information content (AvgIpc) is 3.40. The Morgan fingerprint density at radius 2 is 1.96 bits per heavy atom. The topological polar surface area (TPSA) is 62.3 Å². The molecule has 0 saturated carbocycles. The van der Waals surface area contributed by atoms with Crippen LogP contribution < -0.4 is 5.32 Å². The second kappa shape index (κ2) is 7.72. The van der Waals surface area contributed by atoms with Gasteiger partial charge < -0.3 is 10.2 Å². The summed E-state index contributed by atoms with van der Waals surface area (Å²) in [5, 5.41) is 6.97. The number of benzene rings is 1. The van der Waals surface area contributed by atoms with Crippen molar-refractivity contribution in [1.82, 2.24) is 9.88 Å². The molecule has 0 unspecified atom stereocenters. The molecular weight excluding hydrogens is 358 g/mol. The van der Waals surface area contributed by atoms with Crippen molar-refractivity contribution in [2.75, 3.05) is 11.9 Å². The summed E-state index contributed by atoms with van der Waals surface area (Å²) in [4.78, 5) is 31.1. The van der Waals surface area contributed by atoms with Gasteiger partial charge in [0.1, 0.15) is 5.69 Å². The molecular formula is C21H19N3O2S. The summed E-state index contributed by atoms with van der Waals surface area (Å²) in [6, 6.07) is 14.5. The summed E-state index contributed by atoms with van der Waals surface area (Å²) in [5.74, 6) is -0.238. The molecule has 136 valence electrons. The SMILES string of the molecule is O=C(Nc1ccc(C(=O)N2CCC[C@@H]2c2ccsc2)cc1)c1ccccn1. The van der Waals surface area contributed by atoms with Crippen LogP contribution >= 0.6 is 11.3 Å². The number of nitrogens with one attached hydrogen (secondary N) is 1. The fourth-order valence-electron chi connectivity index (χ4n) is 3.38. The van der Waals surface area contributed by atoms with Gasteiger partial charge in [-0.25, -0.2) is 0 Å². The van der Waals surface area contributed by atoms with Crippen LogP contribution in [0, 0.1) is 0 Å². The van der Waals surface area contributed by atoms with Crippen molar-refractivity contribution in [3.05, 3.63) is 82.3 Å². The highest BCUT2D eigenvalue weighted by Crippen LogP contribution is 2.34. The lowest BCUT2D eigenvalue weighted by Crippen LogP contribution is -2.30. The largest absolute Gasteiger partial charge is 0.332 e. The number of pyridine rings is 1.